The number of ether oxygens (including phenoxy) is 4. The molecule has 6 atom stereocenters. The van der Waals surface area contributed by atoms with Crippen LogP contribution in [0.25, 0.3) is 0 Å². The smallest absolute Gasteiger partial charge is 0.397 e. The Labute approximate surface area is 476 Å². The molecule has 0 aliphatic carbocycles. The molecule has 0 radical (unpaired) electrons. The largest absolute Gasteiger partial charge is 0.457 e. The molecule has 0 aromatic rings. The Hall–Kier alpha value is -2.98. The van der Waals surface area contributed by atoms with Gasteiger partial charge < -0.3 is 34.3 Å². The second kappa shape index (κ2) is 54.6. The Balaban J connectivity index is 2.28. The first-order valence-corrected chi connectivity index (χ1v) is 32.4. The molecule has 0 aromatic heterocycles. The highest BCUT2D eigenvalue weighted by atomic mass is 32.3. The van der Waals surface area contributed by atoms with E-state index >= 15 is 0 Å². The highest BCUT2D eigenvalue weighted by molar-refractivity contribution is 7.80. The molecule has 6 unspecified atom stereocenters. The molecular formula is C65H112O12S. The summed E-state index contributed by atoms with van der Waals surface area (Å²) in [6.07, 6.45) is 67.3. The lowest BCUT2D eigenvalue weighted by molar-refractivity contribution is -0.301. The summed E-state index contributed by atoms with van der Waals surface area (Å²) in [7, 11) is -5.08. The van der Waals surface area contributed by atoms with Gasteiger partial charge in [-0.1, -0.05) is 239 Å². The molecule has 1 rings (SSSR count). The molecule has 78 heavy (non-hydrogen) atoms. The predicted molar refractivity (Wildman–Crippen MR) is 322 cm³/mol. The summed E-state index contributed by atoms with van der Waals surface area (Å²) in [6, 6.07) is 0. The highest BCUT2D eigenvalue weighted by Gasteiger charge is 2.48. The minimum absolute atomic E-state index is 0.0264. The number of aliphatic hydroxyl groups is 3. The first-order chi connectivity index (χ1) is 38.1. The average molecular weight is 1120 g/mol. The zero-order valence-electron chi connectivity index (χ0n) is 48.9. The molecule has 1 saturated heterocycles. The van der Waals surface area contributed by atoms with Crippen molar-refractivity contribution in [3.63, 3.8) is 0 Å². The molecule has 1 aliphatic rings. The van der Waals surface area contributed by atoms with Crippen molar-refractivity contribution < 1.29 is 56.2 Å². The van der Waals surface area contributed by atoms with Crippen LogP contribution in [0.2, 0.25) is 0 Å². The van der Waals surface area contributed by atoms with Crippen LogP contribution in [-0.4, -0.2) is 97.5 Å². The van der Waals surface area contributed by atoms with Crippen molar-refractivity contribution in [2.75, 3.05) is 26.4 Å². The minimum atomic E-state index is -5.08. The van der Waals surface area contributed by atoms with Crippen LogP contribution in [0.15, 0.2) is 97.2 Å². The lowest BCUT2D eigenvalue weighted by Crippen LogP contribution is -2.60. The third kappa shape index (κ3) is 46.7. The lowest BCUT2D eigenvalue weighted by Gasteiger charge is -2.41. The Morgan fingerprint density at radius 1 is 0.500 bits per heavy atom. The van der Waals surface area contributed by atoms with Gasteiger partial charge in [-0.2, -0.15) is 8.42 Å². The maximum absolute atomic E-state index is 13.0. The summed E-state index contributed by atoms with van der Waals surface area (Å²) < 4.78 is 59.5. The van der Waals surface area contributed by atoms with Crippen LogP contribution in [-0.2, 0) is 38.3 Å². The summed E-state index contributed by atoms with van der Waals surface area (Å²) in [6.45, 7) is 3.87. The fourth-order valence-electron chi connectivity index (χ4n) is 9.06. The van der Waals surface area contributed by atoms with Crippen molar-refractivity contribution in [1.29, 1.82) is 0 Å². The van der Waals surface area contributed by atoms with E-state index in [1.807, 2.05) is 0 Å². The maximum atomic E-state index is 13.0. The van der Waals surface area contributed by atoms with Crippen molar-refractivity contribution in [3.8, 4) is 0 Å². The second-order valence-electron chi connectivity index (χ2n) is 20.9. The van der Waals surface area contributed by atoms with E-state index in [1.54, 1.807) is 0 Å². The molecule has 12 nitrogen and oxygen atoms in total. The van der Waals surface area contributed by atoms with E-state index in [1.165, 1.54) is 122 Å². The third-order valence-corrected chi connectivity index (χ3v) is 14.2. The molecule has 450 valence electrons. The molecule has 1 heterocycles. The Morgan fingerprint density at radius 2 is 0.885 bits per heavy atom. The van der Waals surface area contributed by atoms with E-state index in [0.717, 1.165) is 96.3 Å². The van der Waals surface area contributed by atoms with Crippen molar-refractivity contribution in [3.05, 3.63) is 97.2 Å². The summed E-state index contributed by atoms with van der Waals surface area (Å²) in [5, 5.41) is 30.9. The average Bonchev–Trinajstić information content (AvgIpc) is 3.42. The number of esters is 1. The molecule has 4 N–H and O–H groups in total. The number of carbonyl (C=O) groups excluding carboxylic acids is 1. The van der Waals surface area contributed by atoms with Gasteiger partial charge in [0, 0.05) is 13.0 Å². The van der Waals surface area contributed by atoms with Gasteiger partial charge in [-0.05, 0) is 96.3 Å². The van der Waals surface area contributed by atoms with Crippen molar-refractivity contribution in [2.24, 2.45) is 0 Å². The number of carbonyl (C=O) groups is 1. The van der Waals surface area contributed by atoms with Gasteiger partial charge in [-0.25, -0.2) is 4.18 Å². The molecule has 1 aliphatic heterocycles. The van der Waals surface area contributed by atoms with E-state index in [4.69, 9.17) is 18.9 Å². The first-order valence-electron chi connectivity index (χ1n) is 31.0. The second-order valence-corrected chi connectivity index (χ2v) is 22.0. The summed E-state index contributed by atoms with van der Waals surface area (Å²) in [4.78, 5) is 13.0. The van der Waals surface area contributed by atoms with Crippen LogP contribution in [0.4, 0.5) is 0 Å². The van der Waals surface area contributed by atoms with Crippen LogP contribution >= 0.6 is 0 Å². The number of aliphatic hydroxyl groups excluding tert-OH is 3. The van der Waals surface area contributed by atoms with Gasteiger partial charge in [0.05, 0.1) is 19.8 Å². The monoisotopic (exact) mass is 1120 g/mol. The summed E-state index contributed by atoms with van der Waals surface area (Å²) in [5.41, 5.74) is 0. The normalized spacial score (nSPS) is 19.1. The van der Waals surface area contributed by atoms with Gasteiger partial charge in [0.1, 0.15) is 30.5 Å². The van der Waals surface area contributed by atoms with Gasteiger partial charge in [-0.15, -0.1) is 0 Å². The number of hydrogen-bond acceptors (Lipinski definition) is 11. The minimum Gasteiger partial charge on any atom is -0.457 e. The fourth-order valence-corrected chi connectivity index (χ4v) is 9.57. The predicted octanol–water partition coefficient (Wildman–Crippen LogP) is 16.1. The maximum Gasteiger partial charge on any atom is 0.397 e. The van der Waals surface area contributed by atoms with Crippen LogP contribution < -0.4 is 0 Å². The number of unbranched alkanes of at least 4 members (excludes halogenated alkanes) is 25. The molecule has 13 heteroatoms. The van der Waals surface area contributed by atoms with Crippen molar-refractivity contribution in [1.82, 2.24) is 0 Å². The third-order valence-electron chi connectivity index (χ3n) is 13.7. The van der Waals surface area contributed by atoms with Crippen LogP contribution in [0.1, 0.15) is 245 Å². The summed E-state index contributed by atoms with van der Waals surface area (Å²) in [5.74, 6) is -0.406. The standard InChI is InChI=1S/C65H112O12S/c1-3-5-7-9-11-13-15-17-19-21-23-25-27-29-31-33-35-37-39-41-43-45-47-49-51-53-55-73-57-59(58-74-65-63(69)64(77-78(70,71)72)62(68)60(56-66)76-65)75-61(67)54-52-50-48-46-44-42-40-38-36-34-32-30-28-26-24-22-20-18-16-14-12-10-8-6-4-2/h5,7,11,13,16-19,22-25,28-31,59-60,62-66,68-69H,3-4,6,8-10,12,14-15,20-21,26-27,32-58H2,1-2H3,(H,70,71,72)/b7-5-,13-11-,18-16-,19-17-,24-22-,25-23-,30-28-,31-29-. The van der Waals surface area contributed by atoms with Crippen molar-refractivity contribution in [2.45, 2.75) is 282 Å². The van der Waals surface area contributed by atoms with Gasteiger partial charge in [0.25, 0.3) is 0 Å². The molecule has 0 saturated carbocycles. The molecular weight excluding hydrogens is 1000 g/mol. The molecule has 0 aromatic carbocycles. The highest BCUT2D eigenvalue weighted by Crippen LogP contribution is 2.26. The van der Waals surface area contributed by atoms with E-state index in [-0.39, 0.29) is 19.6 Å². The topological polar surface area (TPSA) is 178 Å². The number of hydrogen-bond donors (Lipinski definition) is 4. The van der Waals surface area contributed by atoms with E-state index < -0.39 is 59.8 Å². The van der Waals surface area contributed by atoms with Gasteiger partial charge in [0.2, 0.25) is 0 Å². The summed E-state index contributed by atoms with van der Waals surface area (Å²) >= 11 is 0. The quantitative estimate of drug-likeness (QED) is 0.0196. The van der Waals surface area contributed by atoms with Crippen LogP contribution in [0.5, 0.6) is 0 Å². The van der Waals surface area contributed by atoms with Gasteiger partial charge in [0.15, 0.2) is 6.29 Å². The van der Waals surface area contributed by atoms with E-state index in [2.05, 4.69) is 115 Å². The van der Waals surface area contributed by atoms with Gasteiger partial charge in [-0.3, -0.25) is 9.35 Å². The Bertz CT molecular complexity index is 1720. The van der Waals surface area contributed by atoms with Gasteiger partial charge >= 0.3 is 16.4 Å². The van der Waals surface area contributed by atoms with E-state index in [0.29, 0.717) is 13.0 Å². The van der Waals surface area contributed by atoms with E-state index in [9.17, 15) is 33.1 Å². The molecule has 0 amide bonds. The molecule has 0 bridgehead atoms. The first kappa shape index (κ1) is 73.0. The molecule has 0 spiro atoms. The SMILES string of the molecule is CC/C=C\C/C=C\C/C=C\C/C=C\C/C=C\CCCCCCCCCCCCOCC(COC1OC(CO)C(O)C(OS(=O)(=O)O)C1O)OC(=O)CCCCCCCCCCCC/C=C\C/C=C\C/C=C\CCCCCCC. The zero-order chi connectivity index (χ0) is 56.7. The molecule has 1 fully saturated rings. The van der Waals surface area contributed by atoms with Crippen LogP contribution in [0, 0.1) is 0 Å². The fraction of sp³-hybridized carbons (Fsp3) is 0.738. The zero-order valence-corrected chi connectivity index (χ0v) is 49.8. The Kier molecular flexibility index (Phi) is 51.1. The number of allylic oxidation sites excluding steroid dienone is 16. The van der Waals surface area contributed by atoms with Crippen molar-refractivity contribution >= 4 is 16.4 Å². The lowest BCUT2D eigenvalue weighted by atomic mass is 9.99. The number of rotatable bonds is 54. The van der Waals surface area contributed by atoms with Crippen LogP contribution in [0.3, 0.4) is 0 Å². The Morgan fingerprint density at radius 3 is 1.29 bits per heavy atom.